The molecular weight excluding hydrogens is 230 g/mol. The molecule has 1 aliphatic rings. The van der Waals surface area contributed by atoms with Gasteiger partial charge in [0.05, 0.1) is 6.42 Å². The number of rotatable bonds is 4. The smallest absolute Gasteiger partial charge is 0.305 e. The van der Waals surface area contributed by atoms with Gasteiger partial charge in [0.15, 0.2) is 0 Å². The molecular formula is C13H21N3O2. The van der Waals surface area contributed by atoms with Crippen LogP contribution in [0.2, 0.25) is 0 Å². The lowest BCUT2D eigenvalue weighted by Crippen LogP contribution is -2.17. The molecule has 0 radical (unpaired) electrons. The van der Waals surface area contributed by atoms with Crippen molar-refractivity contribution < 1.29 is 9.90 Å². The quantitative estimate of drug-likeness (QED) is 0.892. The molecule has 5 heteroatoms. The summed E-state index contributed by atoms with van der Waals surface area (Å²) in [6, 6.07) is 0. The molecule has 0 bridgehead atoms. The lowest BCUT2D eigenvalue weighted by molar-refractivity contribution is -0.137. The first-order valence-corrected chi connectivity index (χ1v) is 6.69. The number of aromatic nitrogens is 3. The van der Waals surface area contributed by atoms with Gasteiger partial charge in [-0.1, -0.05) is 19.8 Å². The summed E-state index contributed by atoms with van der Waals surface area (Å²) in [7, 11) is 0. The normalized spacial score (nSPS) is 24.1. The van der Waals surface area contributed by atoms with Crippen LogP contribution in [-0.4, -0.2) is 25.8 Å². The predicted octanol–water partition coefficient (Wildman–Crippen LogP) is 2.35. The molecule has 5 nitrogen and oxygen atoms in total. The first kappa shape index (κ1) is 13.1. The second-order valence-corrected chi connectivity index (χ2v) is 5.36. The maximum Gasteiger partial charge on any atom is 0.305 e. The molecule has 1 heterocycles. The van der Waals surface area contributed by atoms with E-state index in [9.17, 15) is 4.79 Å². The summed E-state index contributed by atoms with van der Waals surface area (Å²) < 4.78 is 1.98. The Balaban J connectivity index is 2.10. The maximum atomic E-state index is 10.7. The Labute approximate surface area is 107 Å². The Morgan fingerprint density at radius 1 is 1.33 bits per heavy atom. The van der Waals surface area contributed by atoms with Gasteiger partial charge in [0, 0.05) is 12.5 Å². The molecule has 2 rings (SSSR count). The predicted molar refractivity (Wildman–Crippen MR) is 67.4 cm³/mol. The lowest BCUT2D eigenvalue weighted by atomic mass is 9.82. The van der Waals surface area contributed by atoms with Crippen LogP contribution in [0.15, 0.2) is 0 Å². The Kier molecular flexibility index (Phi) is 3.99. The topological polar surface area (TPSA) is 68.0 Å². The van der Waals surface area contributed by atoms with Crippen LogP contribution in [0.3, 0.4) is 0 Å². The van der Waals surface area contributed by atoms with Gasteiger partial charge in [0.2, 0.25) is 0 Å². The highest BCUT2D eigenvalue weighted by molar-refractivity contribution is 5.66. The fraction of sp³-hybridized carbons (Fsp3) is 0.769. The van der Waals surface area contributed by atoms with Crippen LogP contribution in [0.5, 0.6) is 0 Å². The number of hydrogen-bond donors (Lipinski definition) is 1. The van der Waals surface area contributed by atoms with Crippen LogP contribution < -0.4 is 0 Å². The molecule has 100 valence electrons. The van der Waals surface area contributed by atoms with Gasteiger partial charge in [-0.05, 0) is 25.7 Å². The fourth-order valence-electron chi connectivity index (χ4n) is 2.70. The third-order valence-electron chi connectivity index (χ3n) is 3.89. The summed E-state index contributed by atoms with van der Waals surface area (Å²) in [5.41, 5.74) is 0. The number of hydrogen-bond acceptors (Lipinski definition) is 3. The van der Waals surface area contributed by atoms with E-state index in [1.165, 1.54) is 12.8 Å². The van der Waals surface area contributed by atoms with Gasteiger partial charge >= 0.3 is 5.97 Å². The number of aryl methyl sites for hydroxylation is 1. The van der Waals surface area contributed by atoms with Crippen molar-refractivity contribution in [2.45, 2.75) is 58.4 Å². The van der Waals surface area contributed by atoms with Gasteiger partial charge in [0.25, 0.3) is 0 Å². The molecule has 1 N–H and O–H groups in total. The monoisotopic (exact) mass is 251 g/mol. The number of carboxylic acid groups (broad SMARTS) is 1. The average Bonchev–Trinajstić information content (AvgIpc) is 2.69. The summed E-state index contributed by atoms with van der Waals surface area (Å²) >= 11 is 0. The third-order valence-corrected chi connectivity index (χ3v) is 3.89. The van der Waals surface area contributed by atoms with Crippen molar-refractivity contribution in [2.24, 2.45) is 5.92 Å². The maximum absolute atomic E-state index is 10.7. The van der Waals surface area contributed by atoms with Crippen LogP contribution >= 0.6 is 0 Å². The van der Waals surface area contributed by atoms with Crippen LogP contribution in [-0.2, 0) is 11.3 Å². The van der Waals surface area contributed by atoms with Gasteiger partial charge in [-0.25, -0.2) is 0 Å². The second kappa shape index (κ2) is 5.50. The van der Waals surface area contributed by atoms with Crippen molar-refractivity contribution in [3.8, 4) is 0 Å². The molecule has 0 aliphatic heterocycles. The standard InChI is InChI=1S/C13H21N3O2/c1-9-3-5-11(6-4-9)13-15-14-10(2)16(13)8-7-12(17)18/h9,11H,3-8H2,1-2H3,(H,17,18). The second-order valence-electron chi connectivity index (χ2n) is 5.36. The lowest BCUT2D eigenvalue weighted by Gasteiger charge is -2.25. The zero-order chi connectivity index (χ0) is 13.1. The Hall–Kier alpha value is -1.39. The van der Waals surface area contributed by atoms with Gasteiger partial charge in [-0.2, -0.15) is 0 Å². The Morgan fingerprint density at radius 2 is 2.00 bits per heavy atom. The van der Waals surface area contributed by atoms with Gasteiger partial charge in [-0.15, -0.1) is 10.2 Å². The molecule has 0 unspecified atom stereocenters. The van der Waals surface area contributed by atoms with Crippen molar-refractivity contribution in [3.63, 3.8) is 0 Å². The molecule has 0 aromatic carbocycles. The van der Waals surface area contributed by atoms with E-state index in [4.69, 9.17) is 5.11 Å². The van der Waals surface area contributed by atoms with E-state index in [1.54, 1.807) is 0 Å². The first-order chi connectivity index (χ1) is 8.58. The van der Waals surface area contributed by atoms with Gasteiger partial charge < -0.3 is 9.67 Å². The van der Waals surface area contributed by atoms with Crippen LogP contribution in [0.25, 0.3) is 0 Å². The largest absolute Gasteiger partial charge is 0.481 e. The van der Waals surface area contributed by atoms with E-state index in [0.29, 0.717) is 12.5 Å². The van der Waals surface area contributed by atoms with E-state index in [-0.39, 0.29) is 6.42 Å². The first-order valence-electron chi connectivity index (χ1n) is 6.69. The summed E-state index contributed by atoms with van der Waals surface area (Å²) in [4.78, 5) is 10.7. The Morgan fingerprint density at radius 3 is 2.61 bits per heavy atom. The SMILES string of the molecule is Cc1nnc(C2CCC(C)CC2)n1CCC(=O)O. The molecule has 1 aromatic heterocycles. The molecule has 1 aromatic rings. The van der Waals surface area contributed by atoms with Crippen LogP contribution in [0.1, 0.15) is 56.6 Å². The van der Waals surface area contributed by atoms with Gasteiger partial charge in [-0.3, -0.25) is 4.79 Å². The van der Waals surface area contributed by atoms with Crippen LogP contribution in [0, 0.1) is 12.8 Å². The number of carboxylic acids is 1. The van der Waals surface area contributed by atoms with Crippen molar-refractivity contribution >= 4 is 5.97 Å². The van der Waals surface area contributed by atoms with E-state index in [0.717, 1.165) is 30.4 Å². The molecule has 1 aliphatic carbocycles. The minimum atomic E-state index is -0.772. The number of carbonyl (C=O) groups is 1. The summed E-state index contributed by atoms with van der Waals surface area (Å²) in [6.07, 6.45) is 4.89. The average molecular weight is 251 g/mol. The summed E-state index contributed by atoms with van der Waals surface area (Å²) in [5.74, 6) is 2.30. The fourth-order valence-corrected chi connectivity index (χ4v) is 2.70. The zero-order valence-corrected chi connectivity index (χ0v) is 11.1. The van der Waals surface area contributed by atoms with E-state index >= 15 is 0 Å². The zero-order valence-electron chi connectivity index (χ0n) is 11.1. The van der Waals surface area contributed by atoms with Crippen molar-refractivity contribution in [2.75, 3.05) is 0 Å². The molecule has 0 amide bonds. The molecule has 1 fully saturated rings. The van der Waals surface area contributed by atoms with Crippen molar-refractivity contribution in [3.05, 3.63) is 11.6 Å². The third kappa shape index (κ3) is 2.89. The van der Waals surface area contributed by atoms with Crippen molar-refractivity contribution in [1.82, 2.24) is 14.8 Å². The number of nitrogens with zero attached hydrogens (tertiary/aromatic N) is 3. The highest BCUT2D eigenvalue weighted by Crippen LogP contribution is 2.34. The number of aliphatic carboxylic acids is 1. The summed E-state index contributed by atoms with van der Waals surface area (Å²) in [6.45, 7) is 4.66. The van der Waals surface area contributed by atoms with E-state index < -0.39 is 5.97 Å². The molecule has 18 heavy (non-hydrogen) atoms. The van der Waals surface area contributed by atoms with E-state index in [1.807, 2.05) is 11.5 Å². The minimum absolute atomic E-state index is 0.134. The molecule has 0 saturated heterocycles. The Bertz CT molecular complexity index is 420. The minimum Gasteiger partial charge on any atom is -0.481 e. The molecule has 0 spiro atoms. The highest BCUT2D eigenvalue weighted by atomic mass is 16.4. The van der Waals surface area contributed by atoms with Crippen molar-refractivity contribution in [1.29, 1.82) is 0 Å². The van der Waals surface area contributed by atoms with Gasteiger partial charge in [0.1, 0.15) is 11.6 Å². The van der Waals surface area contributed by atoms with E-state index in [2.05, 4.69) is 17.1 Å². The van der Waals surface area contributed by atoms with Crippen LogP contribution in [0.4, 0.5) is 0 Å². The molecule has 1 saturated carbocycles. The highest BCUT2D eigenvalue weighted by Gasteiger charge is 2.24. The molecule has 0 atom stereocenters. The summed E-state index contributed by atoms with van der Waals surface area (Å²) in [5, 5.41) is 17.2.